The van der Waals surface area contributed by atoms with Crippen molar-refractivity contribution >= 4 is 5.97 Å². The first-order valence-corrected chi connectivity index (χ1v) is 8.66. The summed E-state index contributed by atoms with van der Waals surface area (Å²) in [4.78, 5) is 12.2. The number of esters is 1. The zero-order chi connectivity index (χ0) is 19.9. The smallest absolute Gasteiger partial charge is 0.338 e. The minimum absolute atomic E-state index is 0.0641. The molecule has 0 fully saturated rings. The summed E-state index contributed by atoms with van der Waals surface area (Å²) < 4.78 is 21.5. The van der Waals surface area contributed by atoms with E-state index in [0.29, 0.717) is 17.1 Å². The molecule has 2 rings (SSSR count). The van der Waals surface area contributed by atoms with Gasteiger partial charge >= 0.3 is 5.97 Å². The second-order valence-corrected chi connectivity index (χ2v) is 6.92. The molecule has 0 spiro atoms. The molecule has 0 radical (unpaired) electrons. The molecule has 0 heterocycles. The number of rotatable bonds is 8. The van der Waals surface area contributed by atoms with E-state index in [9.17, 15) is 9.90 Å². The molecule has 1 N–H and O–H groups in total. The van der Waals surface area contributed by atoms with Gasteiger partial charge in [0.1, 0.15) is 13.2 Å². The Labute approximate surface area is 159 Å². The SMILES string of the molecule is COc1cc(C(=O)OCc2ccccc2)ccc1OCC(O)OC(C)(C)C. The third kappa shape index (κ3) is 6.92. The number of aliphatic hydroxyl groups is 1. The lowest BCUT2D eigenvalue weighted by Gasteiger charge is -2.24. The average molecular weight is 374 g/mol. The fraction of sp³-hybridized carbons (Fsp3) is 0.381. The van der Waals surface area contributed by atoms with E-state index in [1.807, 2.05) is 51.1 Å². The van der Waals surface area contributed by atoms with E-state index in [0.717, 1.165) is 5.56 Å². The Kier molecular flexibility index (Phi) is 7.21. The van der Waals surface area contributed by atoms with E-state index in [-0.39, 0.29) is 13.2 Å². The van der Waals surface area contributed by atoms with Crippen molar-refractivity contribution in [3.63, 3.8) is 0 Å². The van der Waals surface area contributed by atoms with Gasteiger partial charge in [0.25, 0.3) is 0 Å². The van der Waals surface area contributed by atoms with Gasteiger partial charge in [-0.15, -0.1) is 0 Å². The van der Waals surface area contributed by atoms with Crippen molar-refractivity contribution in [3.05, 3.63) is 59.7 Å². The zero-order valence-corrected chi connectivity index (χ0v) is 16.1. The first-order chi connectivity index (χ1) is 12.8. The van der Waals surface area contributed by atoms with E-state index in [2.05, 4.69) is 0 Å². The Morgan fingerprint density at radius 3 is 2.41 bits per heavy atom. The maximum absolute atomic E-state index is 12.2. The predicted octanol–water partition coefficient (Wildman–Crippen LogP) is 3.56. The van der Waals surface area contributed by atoms with Gasteiger partial charge in [-0.1, -0.05) is 30.3 Å². The second-order valence-electron chi connectivity index (χ2n) is 6.92. The summed E-state index contributed by atoms with van der Waals surface area (Å²) in [6, 6.07) is 14.2. The molecule has 6 nitrogen and oxygen atoms in total. The molecule has 0 saturated carbocycles. The molecule has 0 aromatic heterocycles. The molecule has 0 aliphatic carbocycles. The van der Waals surface area contributed by atoms with Crippen LogP contribution in [-0.4, -0.2) is 36.7 Å². The van der Waals surface area contributed by atoms with Crippen molar-refractivity contribution in [1.82, 2.24) is 0 Å². The molecule has 0 bridgehead atoms. The van der Waals surface area contributed by atoms with E-state index >= 15 is 0 Å². The maximum Gasteiger partial charge on any atom is 0.338 e. The number of carbonyl (C=O) groups excluding carboxylic acids is 1. The van der Waals surface area contributed by atoms with Crippen LogP contribution in [0.3, 0.4) is 0 Å². The molecule has 0 aliphatic heterocycles. The van der Waals surface area contributed by atoms with Gasteiger partial charge in [-0.3, -0.25) is 0 Å². The number of carbonyl (C=O) groups is 1. The molecule has 0 saturated heterocycles. The summed E-state index contributed by atoms with van der Waals surface area (Å²) in [5, 5.41) is 9.87. The number of ether oxygens (including phenoxy) is 4. The highest BCUT2D eigenvalue weighted by Crippen LogP contribution is 2.29. The van der Waals surface area contributed by atoms with Crippen LogP contribution in [0.5, 0.6) is 11.5 Å². The molecular weight excluding hydrogens is 348 g/mol. The van der Waals surface area contributed by atoms with Crippen LogP contribution in [0.2, 0.25) is 0 Å². The van der Waals surface area contributed by atoms with Crippen LogP contribution in [0.1, 0.15) is 36.7 Å². The van der Waals surface area contributed by atoms with Crippen LogP contribution in [0, 0.1) is 0 Å². The number of benzene rings is 2. The van der Waals surface area contributed by atoms with Gasteiger partial charge < -0.3 is 24.1 Å². The molecule has 2 aromatic rings. The Balaban J connectivity index is 1.97. The van der Waals surface area contributed by atoms with Gasteiger partial charge in [0.2, 0.25) is 0 Å². The van der Waals surface area contributed by atoms with Crippen molar-refractivity contribution in [1.29, 1.82) is 0 Å². The minimum atomic E-state index is -1.08. The highest BCUT2D eigenvalue weighted by molar-refractivity contribution is 5.90. The predicted molar refractivity (Wildman–Crippen MR) is 101 cm³/mol. The Bertz CT molecular complexity index is 736. The van der Waals surface area contributed by atoms with Crippen LogP contribution in [0.15, 0.2) is 48.5 Å². The van der Waals surface area contributed by atoms with Gasteiger partial charge in [-0.2, -0.15) is 0 Å². The summed E-state index contributed by atoms with van der Waals surface area (Å²) in [6.45, 7) is 5.65. The summed E-state index contributed by atoms with van der Waals surface area (Å²) in [5.41, 5.74) is 0.770. The first kappa shape index (κ1) is 20.7. The Morgan fingerprint density at radius 1 is 1.07 bits per heavy atom. The molecule has 0 aliphatic rings. The van der Waals surface area contributed by atoms with E-state index < -0.39 is 17.9 Å². The summed E-state index contributed by atoms with van der Waals surface area (Å²) in [5.74, 6) is 0.306. The number of hydrogen-bond donors (Lipinski definition) is 1. The minimum Gasteiger partial charge on any atom is -0.493 e. The molecule has 1 unspecified atom stereocenters. The van der Waals surface area contributed by atoms with Crippen LogP contribution >= 0.6 is 0 Å². The van der Waals surface area contributed by atoms with Crippen molar-refractivity contribution in [2.45, 2.75) is 39.3 Å². The summed E-state index contributed by atoms with van der Waals surface area (Å²) >= 11 is 0. The monoisotopic (exact) mass is 374 g/mol. The fourth-order valence-electron chi connectivity index (χ4n) is 2.32. The van der Waals surface area contributed by atoms with Crippen molar-refractivity contribution in [3.8, 4) is 11.5 Å². The second kappa shape index (κ2) is 9.39. The molecule has 1 atom stereocenters. The molecular formula is C21H26O6. The lowest BCUT2D eigenvalue weighted by Crippen LogP contribution is -2.31. The van der Waals surface area contributed by atoms with Crippen LogP contribution in [0.25, 0.3) is 0 Å². The highest BCUT2D eigenvalue weighted by Gasteiger charge is 2.18. The molecule has 6 heteroatoms. The van der Waals surface area contributed by atoms with Gasteiger partial charge in [-0.05, 0) is 44.5 Å². The van der Waals surface area contributed by atoms with Crippen LogP contribution < -0.4 is 9.47 Å². The topological polar surface area (TPSA) is 74.2 Å². The number of hydrogen-bond acceptors (Lipinski definition) is 6. The average Bonchev–Trinajstić information content (AvgIpc) is 2.63. The third-order valence-electron chi connectivity index (χ3n) is 3.48. The Morgan fingerprint density at radius 2 is 1.78 bits per heavy atom. The molecule has 27 heavy (non-hydrogen) atoms. The largest absolute Gasteiger partial charge is 0.493 e. The lowest BCUT2D eigenvalue weighted by atomic mass is 10.2. The van der Waals surface area contributed by atoms with E-state index in [4.69, 9.17) is 18.9 Å². The third-order valence-corrected chi connectivity index (χ3v) is 3.48. The van der Waals surface area contributed by atoms with Crippen molar-refractivity contribution < 1.29 is 28.8 Å². The molecule has 2 aromatic carbocycles. The molecule has 0 amide bonds. The lowest BCUT2D eigenvalue weighted by molar-refractivity contribution is -0.178. The van der Waals surface area contributed by atoms with Gasteiger partial charge in [0.05, 0.1) is 18.3 Å². The van der Waals surface area contributed by atoms with Gasteiger partial charge in [-0.25, -0.2) is 4.79 Å². The van der Waals surface area contributed by atoms with Crippen LogP contribution in [-0.2, 0) is 16.1 Å². The van der Waals surface area contributed by atoms with Gasteiger partial charge in [0, 0.05) is 0 Å². The highest BCUT2D eigenvalue weighted by atomic mass is 16.6. The summed E-state index contributed by atoms with van der Waals surface area (Å²) in [7, 11) is 1.48. The van der Waals surface area contributed by atoms with E-state index in [1.54, 1.807) is 18.2 Å². The number of aliphatic hydroxyl groups excluding tert-OH is 1. The fourth-order valence-corrected chi connectivity index (χ4v) is 2.32. The van der Waals surface area contributed by atoms with Crippen LogP contribution in [0.4, 0.5) is 0 Å². The van der Waals surface area contributed by atoms with Crippen molar-refractivity contribution in [2.75, 3.05) is 13.7 Å². The van der Waals surface area contributed by atoms with Crippen molar-refractivity contribution in [2.24, 2.45) is 0 Å². The summed E-state index contributed by atoms with van der Waals surface area (Å²) in [6.07, 6.45) is -1.08. The zero-order valence-electron chi connectivity index (χ0n) is 16.1. The molecule has 146 valence electrons. The standard InChI is InChI=1S/C21H26O6/c1-21(2,3)27-19(22)14-25-17-11-10-16(12-18(17)24-4)20(23)26-13-15-8-6-5-7-9-15/h5-12,19,22H,13-14H2,1-4H3. The van der Waals surface area contributed by atoms with E-state index in [1.165, 1.54) is 7.11 Å². The Hall–Kier alpha value is -2.57. The quantitative estimate of drug-likeness (QED) is 0.562. The number of methoxy groups -OCH3 is 1. The first-order valence-electron chi connectivity index (χ1n) is 8.66. The maximum atomic E-state index is 12.2. The van der Waals surface area contributed by atoms with Gasteiger partial charge in [0.15, 0.2) is 17.8 Å². The normalized spacial score (nSPS) is 12.3.